The molecule has 0 saturated carbocycles. The number of aromatic carboxylic acids is 2. The van der Waals surface area contributed by atoms with Gasteiger partial charge in [0.15, 0.2) is 9.84 Å². The number of rotatable bonds is 21. The van der Waals surface area contributed by atoms with Gasteiger partial charge in [0.2, 0.25) is 0 Å². The lowest BCUT2D eigenvalue weighted by Crippen LogP contribution is -2.29. The molecule has 21 nitrogen and oxygen atoms in total. The van der Waals surface area contributed by atoms with Crippen LogP contribution in [-0.4, -0.2) is 157 Å². The van der Waals surface area contributed by atoms with E-state index in [1.165, 1.54) is 35.9 Å². The number of halogens is 2. The molecule has 3 aliphatic rings. The predicted octanol–water partition coefficient (Wildman–Crippen LogP) is 20.9. The standard InChI is InChI=1S/C28H29ClN2O4S.C21H23NO3.C19H19NO3.C17H15ClO3.C17H16O4/c1-18-6-8-20(9-7-18)22-14-23(16-24(15-22)28(33)31-12-4-5-13-31)27(32)30-19(2)21-10-11-25(29)26(17-21)36(3,34)35;1-3-25-21(24)19-13-17(16-8-6-15(2)7-9-16)12-18(14-19)20(23)22-10-4-5-11-22;1-13-4-6-14(7-5-13)15-10-16(12-17(11-15)19(22)23)18(21)20-8-2-3-9-20;2*1-3-21-17(20)15-9-13(8-14(10-15)16(18)19)12-6-4-11(2)5-7-12/h6-11,14-17,19H,4-5,12-13H2,1-3H3,(H,30,32);6-9,12-14H,3-5,10-11H2,1-2H3;4-7,10-12H,2-3,8-9H2,1H3,(H,22,23);4-10H,3H2,1-2H3;4-10H,3H2,1-2H3,(H,18,19). The predicted molar refractivity (Wildman–Crippen MR) is 491 cm³/mol. The Morgan fingerprint density at radius 3 is 0.873 bits per heavy atom. The second-order valence-corrected chi connectivity index (χ2v) is 33.8. The fraction of sp³-hybridized carbons (Fsp3) is 0.255. The van der Waals surface area contributed by atoms with Crippen LogP contribution in [0.4, 0.5) is 0 Å². The molecule has 4 amide bonds. The normalized spacial score (nSPS) is 12.8. The van der Waals surface area contributed by atoms with Gasteiger partial charge < -0.3 is 44.4 Å². The third-order valence-corrected chi connectivity index (χ3v) is 23.0. The van der Waals surface area contributed by atoms with Gasteiger partial charge in [-0.2, -0.15) is 0 Å². The Kier molecular flexibility index (Phi) is 33.5. The van der Waals surface area contributed by atoms with Crippen molar-refractivity contribution in [2.75, 3.05) is 65.3 Å². The minimum absolute atomic E-state index is 0.0163. The van der Waals surface area contributed by atoms with E-state index in [0.717, 1.165) is 143 Å². The molecule has 652 valence electrons. The quantitative estimate of drug-likeness (QED) is 0.0342. The van der Waals surface area contributed by atoms with E-state index >= 15 is 0 Å². The van der Waals surface area contributed by atoms with E-state index in [2.05, 4.69) is 5.32 Å². The van der Waals surface area contributed by atoms with Crippen molar-refractivity contribution in [1.82, 2.24) is 20.0 Å². The number of ether oxygens (including phenoxy) is 3. The van der Waals surface area contributed by atoms with E-state index in [-0.39, 0.29) is 69.0 Å². The van der Waals surface area contributed by atoms with Crippen molar-refractivity contribution in [3.63, 3.8) is 0 Å². The molecule has 3 N–H and O–H groups in total. The van der Waals surface area contributed by atoms with Gasteiger partial charge in [0.05, 0.1) is 63.6 Å². The van der Waals surface area contributed by atoms with Crippen LogP contribution >= 0.6 is 23.2 Å². The molecule has 0 spiro atoms. The summed E-state index contributed by atoms with van der Waals surface area (Å²) in [5.74, 6) is -4.02. The van der Waals surface area contributed by atoms with Gasteiger partial charge in [-0.1, -0.05) is 167 Å². The number of esters is 3. The highest BCUT2D eigenvalue weighted by Gasteiger charge is 2.27. The zero-order valence-electron chi connectivity index (χ0n) is 72.1. The van der Waals surface area contributed by atoms with Crippen LogP contribution in [0.2, 0.25) is 5.02 Å². The van der Waals surface area contributed by atoms with E-state index in [0.29, 0.717) is 64.2 Å². The number of nitrogens with zero attached hydrogens (tertiary/aromatic N) is 3. The third-order valence-electron chi connectivity index (χ3n) is 21.2. The van der Waals surface area contributed by atoms with E-state index < -0.39 is 51.0 Å². The van der Waals surface area contributed by atoms with Crippen molar-refractivity contribution in [3.8, 4) is 55.6 Å². The summed E-state index contributed by atoms with van der Waals surface area (Å²) in [5.41, 5.74) is 17.9. The number of hydrogen-bond acceptors (Lipinski definition) is 15. The van der Waals surface area contributed by atoms with Crippen molar-refractivity contribution in [3.05, 3.63) is 325 Å². The van der Waals surface area contributed by atoms with E-state index in [1.807, 2.05) is 178 Å². The summed E-state index contributed by atoms with van der Waals surface area (Å²) in [6.07, 6.45) is 7.14. The van der Waals surface area contributed by atoms with Gasteiger partial charge in [-0.3, -0.25) is 24.0 Å². The first-order valence-electron chi connectivity index (χ1n) is 41.6. The summed E-state index contributed by atoms with van der Waals surface area (Å²) in [5, 5.41) is 21.0. The van der Waals surface area contributed by atoms with Crippen LogP contribution in [0.1, 0.15) is 209 Å². The second kappa shape index (κ2) is 44.4. The van der Waals surface area contributed by atoms with E-state index in [9.17, 15) is 66.6 Å². The Hall–Kier alpha value is -13.2. The Bertz CT molecular complexity index is 5820. The van der Waals surface area contributed by atoms with Crippen molar-refractivity contribution < 1.29 is 80.8 Å². The summed E-state index contributed by atoms with van der Waals surface area (Å²) in [4.78, 5) is 127. The molecular weight excluding hydrogens is 1660 g/mol. The van der Waals surface area contributed by atoms with Crippen LogP contribution in [0, 0.1) is 34.6 Å². The Morgan fingerprint density at radius 2 is 0.595 bits per heavy atom. The first-order valence-corrected chi connectivity index (χ1v) is 44.3. The van der Waals surface area contributed by atoms with Crippen LogP contribution in [0.3, 0.4) is 0 Å². The SMILES string of the molecule is CCOC(=O)c1cc(C(=O)Cl)cc(-c2ccc(C)cc2)c1.CCOC(=O)c1cc(C(=O)N2CCCC2)cc(-c2ccc(C)cc2)c1.CCOC(=O)c1cc(C(=O)O)cc(-c2ccc(C)cc2)c1.Cc1ccc(-c2cc(C(=O)NC(C)c3ccc(Cl)c(S(C)(=O)=O)c3)cc(C(=O)N3CCCC3)c2)cc1.Cc1ccc(-c2cc(C(=O)O)cc(C(=O)N3CCCC3)c2)cc1. The van der Waals surface area contributed by atoms with E-state index in [1.54, 1.807) is 99.3 Å². The molecule has 1 unspecified atom stereocenters. The summed E-state index contributed by atoms with van der Waals surface area (Å²) < 4.78 is 39.2. The Balaban J connectivity index is 0.000000167. The molecule has 0 radical (unpaired) electrons. The number of sulfone groups is 1. The van der Waals surface area contributed by atoms with Crippen LogP contribution in [-0.2, 0) is 24.0 Å². The molecule has 14 rings (SSSR count). The average Bonchev–Trinajstić information content (AvgIpc) is 1.14. The van der Waals surface area contributed by atoms with Gasteiger partial charge in [0, 0.05) is 73.3 Å². The number of carbonyl (C=O) groups excluding carboxylic acids is 8. The Labute approximate surface area is 745 Å². The zero-order valence-corrected chi connectivity index (χ0v) is 74.5. The first-order chi connectivity index (χ1) is 60.2. The number of carbonyl (C=O) groups is 10. The van der Waals surface area contributed by atoms with Crippen LogP contribution < -0.4 is 5.32 Å². The lowest BCUT2D eigenvalue weighted by atomic mass is 9.97. The highest BCUT2D eigenvalue weighted by atomic mass is 35.5. The summed E-state index contributed by atoms with van der Waals surface area (Å²) in [6.45, 7) is 22.3. The van der Waals surface area contributed by atoms with Crippen LogP contribution in [0.15, 0.2) is 235 Å². The average molecular weight is 1760 g/mol. The number of nitrogens with one attached hydrogen (secondary N) is 1. The molecule has 3 saturated heterocycles. The van der Waals surface area contributed by atoms with Gasteiger partial charge in [0.25, 0.3) is 28.9 Å². The van der Waals surface area contributed by atoms with E-state index in [4.69, 9.17) is 37.4 Å². The maximum atomic E-state index is 13.3. The fourth-order valence-electron chi connectivity index (χ4n) is 14.3. The maximum absolute atomic E-state index is 13.3. The van der Waals surface area contributed by atoms with Gasteiger partial charge >= 0.3 is 29.8 Å². The van der Waals surface area contributed by atoms with Gasteiger partial charge in [0.1, 0.15) is 0 Å². The third kappa shape index (κ3) is 26.2. The van der Waals surface area contributed by atoms with Crippen molar-refractivity contribution in [2.24, 2.45) is 0 Å². The lowest BCUT2D eigenvalue weighted by Gasteiger charge is -2.19. The summed E-state index contributed by atoms with van der Waals surface area (Å²) in [7, 11) is -3.52. The summed E-state index contributed by atoms with van der Waals surface area (Å²) >= 11 is 11.6. The summed E-state index contributed by atoms with van der Waals surface area (Å²) in [6, 6.07) is 68.3. The van der Waals surface area contributed by atoms with Gasteiger partial charge in [-0.15, -0.1) is 0 Å². The van der Waals surface area contributed by atoms with Crippen molar-refractivity contribution >= 4 is 91.8 Å². The minimum Gasteiger partial charge on any atom is -0.478 e. The molecule has 3 aliphatic heterocycles. The topological polar surface area (TPSA) is 295 Å². The van der Waals surface area contributed by atoms with Gasteiger partial charge in [-0.05, 0) is 277 Å². The van der Waals surface area contributed by atoms with Crippen molar-refractivity contribution in [1.29, 1.82) is 0 Å². The molecule has 0 bridgehead atoms. The molecule has 0 aromatic heterocycles. The second-order valence-electron chi connectivity index (χ2n) is 31.0. The molecule has 126 heavy (non-hydrogen) atoms. The number of likely N-dealkylation sites (tertiary alicyclic amines) is 3. The van der Waals surface area contributed by atoms with Crippen LogP contribution in [0.5, 0.6) is 0 Å². The maximum Gasteiger partial charge on any atom is 0.338 e. The first kappa shape index (κ1) is 95.1. The number of aryl methyl sites for hydroxylation is 5. The number of benzene rings is 11. The van der Waals surface area contributed by atoms with Crippen LogP contribution in [0.25, 0.3) is 55.6 Å². The number of carboxylic acids is 2. The Morgan fingerprint density at radius 1 is 0.349 bits per heavy atom. The molecular formula is C102H102Cl2N4O17S. The van der Waals surface area contributed by atoms with Gasteiger partial charge in [-0.25, -0.2) is 32.4 Å². The van der Waals surface area contributed by atoms with Crippen molar-refractivity contribution in [2.45, 2.75) is 112 Å². The minimum atomic E-state index is -3.52. The molecule has 1 atom stereocenters. The monoisotopic (exact) mass is 1760 g/mol. The largest absolute Gasteiger partial charge is 0.478 e. The molecule has 24 heteroatoms. The number of amides is 4. The highest BCUT2D eigenvalue weighted by molar-refractivity contribution is 7.90. The number of hydrogen-bond donors (Lipinski definition) is 3. The molecule has 11 aromatic carbocycles. The fourth-order valence-corrected chi connectivity index (χ4v) is 15.7. The smallest absolute Gasteiger partial charge is 0.338 e. The number of carboxylic acid groups (broad SMARTS) is 2. The molecule has 3 heterocycles. The lowest BCUT2D eigenvalue weighted by molar-refractivity contribution is 0.0516. The zero-order chi connectivity index (χ0) is 91.1. The molecule has 3 fully saturated rings. The highest BCUT2D eigenvalue weighted by Crippen LogP contribution is 2.33. The molecule has 0 aliphatic carbocycles. The molecule has 11 aromatic rings.